The van der Waals surface area contributed by atoms with E-state index in [9.17, 15) is 39.0 Å². The number of primary amides is 1. The van der Waals surface area contributed by atoms with Crippen LogP contribution in [0.25, 0.3) is 0 Å². The van der Waals surface area contributed by atoms with E-state index in [1.165, 1.54) is 0 Å². The van der Waals surface area contributed by atoms with Crippen LogP contribution in [-0.2, 0) is 28.8 Å². The lowest BCUT2D eigenvalue weighted by atomic mass is 10.1. The van der Waals surface area contributed by atoms with E-state index >= 15 is 0 Å². The number of guanidine groups is 1. The van der Waals surface area contributed by atoms with Crippen LogP contribution < -0.4 is 38.9 Å². The van der Waals surface area contributed by atoms with Crippen molar-refractivity contribution in [3.05, 3.63) is 0 Å². The van der Waals surface area contributed by atoms with E-state index < -0.39 is 79.2 Å². The zero-order chi connectivity index (χ0) is 27.8. The molecule has 0 bridgehead atoms. The molecule has 0 heterocycles. The summed E-state index contributed by atoms with van der Waals surface area (Å²) in [6.45, 7) is -0.834. The van der Waals surface area contributed by atoms with Crippen LogP contribution >= 0.6 is 0 Å². The molecule has 36 heavy (non-hydrogen) atoms. The molecule has 0 aromatic heterocycles. The van der Waals surface area contributed by atoms with Crippen LogP contribution in [0.4, 0.5) is 0 Å². The van der Waals surface area contributed by atoms with E-state index in [4.69, 9.17) is 28.0 Å². The summed E-state index contributed by atoms with van der Waals surface area (Å²) in [4.78, 5) is 74.2. The lowest BCUT2D eigenvalue weighted by Gasteiger charge is -2.24. The number of aliphatic hydroxyl groups excluding tert-OH is 1. The molecule has 0 fully saturated rings. The van der Waals surface area contributed by atoms with Crippen molar-refractivity contribution in [2.24, 2.45) is 27.9 Å². The molecule has 0 aromatic rings. The zero-order valence-corrected chi connectivity index (χ0v) is 19.5. The number of nitrogens with zero attached hydrogens (tertiary/aromatic N) is 1. The number of hydrogen-bond acceptors (Lipinski definition) is 9. The highest BCUT2D eigenvalue weighted by molar-refractivity contribution is 5.94. The first-order valence-electron chi connectivity index (χ1n) is 10.8. The summed E-state index contributed by atoms with van der Waals surface area (Å²) in [5.41, 5.74) is 21.2. The molecular weight excluding hydrogens is 484 g/mol. The lowest BCUT2D eigenvalue weighted by molar-refractivity contribution is -0.143. The highest BCUT2D eigenvalue weighted by atomic mass is 16.4. The number of carbonyl (C=O) groups is 6. The van der Waals surface area contributed by atoms with Crippen LogP contribution in [0.1, 0.15) is 38.5 Å². The second-order valence-electron chi connectivity index (χ2n) is 7.70. The Balaban J connectivity index is 5.37. The van der Waals surface area contributed by atoms with Gasteiger partial charge in [0.2, 0.25) is 23.6 Å². The lowest BCUT2D eigenvalue weighted by Crippen LogP contribution is -2.58. The molecule has 0 aliphatic rings. The van der Waals surface area contributed by atoms with Gasteiger partial charge in [0.15, 0.2) is 5.96 Å². The maximum absolute atomic E-state index is 12.8. The fourth-order valence-electron chi connectivity index (χ4n) is 2.74. The van der Waals surface area contributed by atoms with Crippen molar-refractivity contribution in [3.63, 3.8) is 0 Å². The van der Waals surface area contributed by atoms with Crippen molar-refractivity contribution < 1.29 is 44.1 Å². The fraction of sp³-hybridized carbons (Fsp3) is 0.632. The summed E-state index contributed by atoms with van der Waals surface area (Å²) < 4.78 is 0. The number of nitrogens with two attached hydrogens (primary N) is 4. The van der Waals surface area contributed by atoms with Gasteiger partial charge in [-0.2, -0.15) is 0 Å². The maximum Gasteiger partial charge on any atom is 0.326 e. The number of carboxylic acid groups (broad SMARTS) is 2. The van der Waals surface area contributed by atoms with Gasteiger partial charge in [-0.25, -0.2) is 4.79 Å². The minimum Gasteiger partial charge on any atom is -0.481 e. The normalized spacial score (nSPS) is 13.8. The van der Waals surface area contributed by atoms with Crippen molar-refractivity contribution in [2.75, 3.05) is 13.2 Å². The van der Waals surface area contributed by atoms with Gasteiger partial charge in [-0.3, -0.25) is 29.0 Å². The Morgan fingerprint density at radius 1 is 0.750 bits per heavy atom. The third-order valence-electron chi connectivity index (χ3n) is 4.69. The first-order valence-corrected chi connectivity index (χ1v) is 10.8. The minimum atomic E-state index is -1.62. The van der Waals surface area contributed by atoms with Crippen molar-refractivity contribution in [1.82, 2.24) is 16.0 Å². The van der Waals surface area contributed by atoms with Gasteiger partial charge in [-0.15, -0.1) is 0 Å². The summed E-state index contributed by atoms with van der Waals surface area (Å²) in [7, 11) is 0. The number of aliphatic imine (C=N–C) groups is 1. The third-order valence-corrected chi connectivity index (χ3v) is 4.69. The first kappa shape index (κ1) is 32.0. The van der Waals surface area contributed by atoms with E-state index in [0.717, 1.165) is 0 Å². The molecule has 0 radical (unpaired) electrons. The Hall–Kier alpha value is -3.99. The molecule has 0 saturated carbocycles. The monoisotopic (exact) mass is 518 g/mol. The minimum absolute atomic E-state index is 0.0208. The van der Waals surface area contributed by atoms with Crippen LogP contribution in [0.15, 0.2) is 4.99 Å². The average Bonchev–Trinajstić information content (AvgIpc) is 2.79. The van der Waals surface area contributed by atoms with Crippen molar-refractivity contribution >= 4 is 41.5 Å². The second kappa shape index (κ2) is 16.6. The first-order chi connectivity index (χ1) is 16.8. The summed E-state index contributed by atoms with van der Waals surface area (Å²) in [6, 6.07) is -5.65. The van der Waals surface area contributed by atoms with Gasteiger partial charge in [-0.1, -0.05) is 0 Å². The van der Waals surface area contributed by atoms with E-state index in [2.05, 4.69) is 15.6 Å². The number of rotatable bonds is 18. The van der Waals surface area contributed by atoms with Crippen molar-refractivity contribution in [2.45, 2.75) is 62.7 Å². The predicted molar refractivity (Wildman–Crippen MR) is 124 cm³/mol. The number of carbonyl (C=O) groups excluding carboxylic acids is 4. The van der Waals surface area contributed by atoms with Crippen LogP contribution in [0.3, 0.4) is 0 Å². The van der Waals surface area contributed by atoms with Crippen LogP contribution in [0.5, 0.6) is 0 Å². The van der Waals surface area contributed by atoms with E-state index in [1.807, 2.05) is 5.32 Å². The zero-order valence-electron chi connectivity index (χ0n) is 19.5. The van der Waals surface area contributed by atoms with Crippen molar-refractivity contribution in [3.8, 4) is 0 Å². The number of aliphatic carboxylic acids is 2. The molecule has 0 aliphatic heterocycles. The molecule has 14 N–H and O–H groups in total. The van der Waals surface area contributed by atoms with Gasteiger partial charge < -0.3 is 54.2 Å². The Morgan fingerprint density at radius 3 is 1.81 bits per heavy atom. The quantitative estimate of drug-likeness (QED) is 0.0463. The van der Waals surface area contributed by atoms with E-state index in [1.54, 1.807) is 0 Å². The molecule has 17 heteroatoms. The van der Waals surface area contributed by atoms with Gasteiger partial charge >= 0.3 is 11.9 Å². The average molecular weight is 519 g/mol. The number of nitrogens with one attached hydrogen (secondary N) is 3. The summed E-state index contributed by atoms with van der Waals surface area (Å²) in [6.07, 6.45) is -1.05. The molecule has 0 rings (SSSR count). The van der Waals surface area contributed by atoms with Gasteiger partial charge in [0, 0.05) is 19.4 Å². The molecular formula is C19H34N8O9. The van der Waals surface area contributed by atoms with Crippen LogP contribution in [-0.4, -0.2) is 94.2 Å². The predicted octanol–water partition coefficient (Wildman–Crippen LogP) is -4.97. The van der Waals surface area contributed by atoms with Crippen LogP contribution in [0, 0.1) is 0 Å². The van der Waals surface area contributed by atoms with Gasteiger partial charge in [0.1, 0.15) is 18.1 Å². The van der Waals surface area contributed by atoms with Gasteiger partial charge in [0.25, 0.3) is 0 Å². The summed E-state index contributed by atoms with van der Waals surface area (Å²) >= 11 is 0. The Labute approximate surface area is 206 Å². The third kappa shape index (κ3) is 13.7. The maximum atomic E-state index is 12.8. The molecule has 4 atom stereocenters. The van der Waals surface area contributed by atoms with Crippen LogP contribution in [0.2, 0.25) is 0 Å². The van der Waals surface area contributed by atoms with Crippen molar-refractivity contribution in [1.29, 1.82) is 0 Å². The topological polar surface area (TPSA) is 316 Å². The second-order valence-corrected chi connectivity index (χ2v) is 7.70. The molecule has 17 nitrogen and oxygen atoms in total. The van der Waals surface area contributed by atoms with Gasteiger partial charge in [0.05, 0.1) is 12.6 Å². The van der Waals surface area contributed by atoms with Gasteiger partial charge in [-0.05, 0) is 25.7 Å². The number of amides is 4. The molecule has 0 saturated heterocycles. The molecule has 0 aliphatic carbocycles. The van der Waals surface area contributed by atoms with E-state index in [0.29, 0.717) is 0 Å². The summed E-state index contributed by atoms with van der Waals surface area (Å²) in [5.74, 6) is -6.46. The highest BCUT2D eigenvalue weighted by Crippen LogP contribution is 2.04. The Morgan fingerprint density at radius 2 is 1.31 bits per heavy atom. The summed E-state index contributed by atoms with van der Waals surface area (Å²) in [5, 5.41) is 34.1. The molecule has 204 valence electrons. The van der Waals surface area contributed by atoms with E-state index in [-0.39, 0.29) is 38.2 Å². The number of carboxylic acids is 2. The molecule has 0 spiro atoms. The fourth-order valence-corrected chi connectivity index (χ4v) is 2.74. The smallest absolute Gasteiger partial charge is 0.326 e. The molecule has 4 unspecified atom stereocenters. The number of hydrogen-bond donors (Lipinski definition) is 10. The molecule has 4 amide bonds. The number of aliphatic hydroxyl groups is 1. The Bertz CT molecular complexity index is 832. The standard InChI is InChI=1S/C19H34N8O9/c20-9(3-5-13(21)29)15(32)25-10(2-1-7-24-19(22)23)16(33)27-12(8-28)17(34)26-11(18(35)36)4-6-14(30)31/h9-12,28H,1-8,20H2,(H2,21,29)(H,25,32)(H,26,34)(H,27,33)(H,30,31)(H,35,36)(H4,22,23,24). The Kier molecular flexibility index (Phi) is 14.8. The largest absolute Gasteiger partial charge is 0.481 e. The molecule has 0 aromatic carbocycles. The SMILES string of the molecule is NC(=O)CCC(N)C(=O)NC(CCCN=C(N)N)C(=O)NC(CO)C(=O)NC(CCC(=O)O)C(=O)O. The highest BCUT2D eigenvalue weighted by Gasteiger charge is 2.30.